The normalized spacial score (nSPS) is 13.7. The lowest BCUT2D eigenvalue weighted by Gasteiger charge is -2.33. The van der Waals surface area contributed by atoms with Crippen LogP contribution in [-0.2, 0) is 32.0 Å². The molecule has 2 rings (SSSR count). The summed E-state index contributed by atoms with van der Waals surface area (Å²) in [7, 11) is 0. The Hall–Kier alpha value is -3.23. The Bertz CT molecular complexity index is 919. The standard InChI is InChI=1S/C26H33NO7/c1-2-27(17-9-14-20-10-5-3-6-11-20)22(16-15-21-12-7-4-8-13-21)34-24(30)19-26(33,25(31)32)18-23(28)29/h3-8,10-13,22,33H,2,9,14-19H2,1H3,(H,28,29)(H,31,32)/p-2. The van der Waals surface area contributed by atoms with Crippen LogP contribution in [0.5, 0.6) is 0 Å². The van der Waals surface area contributed by atoms with Crippen molar-refractivity contribution >= 4 is 17.9 Å². The number of hydrogen-bond donors (Lipinski definition) is 1. The van der Waals surface area contributed by atoms with Crippen molar-refractivity contribution in [3.63, 3.8) is 0 Å². The largest absolute Gasteiger partial charge is 0.550 e. The second kappa shape index (κ2) is 13.5. The van der Waals surface area contributed by atoms with Crippen LogP contribution in [0, 0.1) is 0 Å². The summed E-state index contributed by atoms with van der Waals surface area (Å²) in [6.07, 6.45) is -0.294. The zero-order valence-electron chi connectivity index (χ0n) is 19.4. The predicted molar refractivity (Wildman–Crippen MR) is 121 cm³/mol. The summed E-state index contributed by atoms with van der Waals surface area (Å²) in [4.78, 5) is 36.7. The van der Waals surface area contributed by atoms with Gasteiger partial charge in [0.1, 0.15) is 5.60 Å². The number of aliphatic carboxylic acids is 2. The van der Waals surface area contributed by atoms with Crippen molar-refractivity contribution in [2.24, 2.45) is 0 Å². The molecule has 0 fully saturated rings. The van der Waals surface area contributed by atoms with Crippen LogP contribution in [-0.4, -0.2) is 52.8 Å². The fraction of sp³-hybridized carbons (Fsp3) is 0.423. The third kappa shape index (κ3) is 8.96. The molecule has 0 amide bonds. The molecule has 0 radical (unpaired) electrons. The number of carboxylic acid groups (broad SMARTS) is 2. The number of nitrogens with zero attached hydrogens (tertiary/aromatic N) is 1. The molecule has 1 N–H and O–H groups in total. The second-order valence-corrected chi connectivity index (χ2v) is 8.23. The van der Waals surface area contributed by atoms with E-state index in [-0.39, 0.29) is 0 Å². The summed E-state index contributed by atoms with van der Waals surface area (Å²) < 4.78 is 5.58. The van der Waals surface area contributed by atoms with Crippen molar-refractivity contribution in [2.45, 2.75) is 57.3 Å². The molecule has 2 atom stereocenters. The van der Waals surface area contributed by atoms with Crippen molar-refractivity contribution < 1.29 is 34.4 Å². The molecular weight excluding hydrogens is 438 g/mol. The lowest BCUT2D eigenvalue weighted by Crippen LogP contribution is -2.53. The van der Waals surface area contributed by atoms with Crippen LogP contribution in [0.3, 0.4) is 0 Å². The van der Waals surface area contributed by atoms with E-state index in [1.807, 2.05) is 72.5 Å². The number of rotatable bonds is 15. The Morgan fingerprint density at radius 3 is 2.00 bits per heavy atom. The Labute approximate surface area is 199 Å². The lowest BCUT2D eigenvalue weighted by molar-refractivity contribution is -0.333. The van der Waals surface area contributed by atoms with E-state index < -0.39 is 42.6 Å². The first-order valence-corrected chi connectivity index (χ1v) is 11.4. The van der Waals surface area contributed by atoms with Gasteiger partial charge in [-0.3, -0.25) is 9.69 Å². The smallest absolute Gasteiger partial charge is 0.310 e. The van der Waals surface area contributed by atoms with Crippen molar-refractivity contribution in [2.75, 3.05) is 13.1 Å². The van der Waals surface area contributed by atoms with Gasteiger partial charge in [0.25, 0.3) is 0 Å². The summed E-state index contributed by atoms with van der Waals surface area (Å²) in [6, 6.07) is 19.6. The summed E-state index contributed by atoms with van der Waals surface area (Å²) >= 11 is 0. The fourth-order valence-corrected chi connectivity index (χ4v) is 3.77. The van der Waals surface area contributed by atoms with E-state index in [0.717, 1.165) is 18.4 Å². The monoisotopic (exact) mass is 469 g/mol. The van der Waals surface area contributed by atoms with Gasteiger partial charge in [-0.15, -0.1) is 0 Å². The average Bonchev–Trinajstić information content (AvgIpc) is 2.80. The summed E-state index contributed by atoms with van der Waals surface area (Å²) in [5.41, 5.74) is -0.658. The first kappa shape index (κ1) is 27.0. The molecule has 8 heteroatoms. The van der Waals surface area contributed by atoms with Crippen LogP contribution in [0.25, 0.3) is 0 Å². The molecule has 0 bridgehead atoms. The Balaban J connectivity index is 2.08. The molecule has 34 heavy (non-hydrogen) atoms. The molecule has 0 aliphatic rings. The highest BCUT2D eigenvalue weighted by atomic mass is 16.6. The Morgan fingerprint density at radius 1 is 0.941 bits per heavy atom. The maximum absolute atomic E-state index is 12.6. The molecular formula is C26H31NO7-2. The number of benzene rings is 2. The molecule has 0 aliphatic carbocycles. The third-order valence-corrected chi connectivity index (χ3v) is 5.61. The van der Waals surface area contributed by atoms with Gasteiger partial charge >= 0.3 is 5.97 Å². The van der Waals surface area contributed by atoms with Crippen LogP contribution >= 0.6 is 0 Å². The Morgan fingerprint density at radius 2 is 1.50 bits per heavy atom. The van der Waals surface area contributed by atoms with Crippen molar-refractivity contribution in [1.29, 1.82) is 0 Å². The molecule has 0 aliphatic heterocycles. The van der Waals surface area contributed by atoms with Gasteiger partial charge in [-0.2, -0.15) is 0 Å². The quantitative estimate of drug-likeness (QED) is 0.294. The van der Waals surface area contributed by atoms with E-state index in [1.54, 1.807) is 0 Å². The molecule has 2 aromatic carbocycles. The van der Waals surface area contributed by atoms with Crippen LogP contribution in [0.2, 0.25) is 0 Å². The summed E-state index contributed by atoms with van der Waals surface area (Å²) in [5.74, 6) is -4.89. The van der Waals surface area contributed by atoms with Gasteiger partial charge in [0.2, 0.25) is 0 Å². The molecule has 0 saturated carbocycles. The van der Waals surface area contributed by atoms with E-state index in [9.17, 15) is 29.7 Å². The zero-order valence-corrected chi connectivity index (χ0v) is 19.4. The first-order valence-electron chi connectivity index (χ1n) is 11.4. The van der Waals surface area contributed by atoms with Gasteiger partial charge in [-0.05, 0) is 36.9 Å². The average molecular weight is 470 g/mol. The van der Waals surface area contributed by atoms with E-state index in [1.165, 1.54) is 5.56 Å². The van der Waals surface area contributed by atoms with E-state index in [2.05, 4.69) is 0 Å². The molecule has 0 spiro atoms. The van der Waals surface area contributed by atoms with Crippen molar-refractivity contribution in [3.05, 3.63) is 71.8 Å². The zero-order chi connectivity index (χ0) is 25.0. The molecule has 0 heterocycles. The molecule has 184 valence electrons. The summed E-state index contributed by atoms with van der Waals surface area (Å²) in [6.45, 7) is 3.13. The molecule has 2 aromatic rings. The summed E-state index contributed by atoms with van der Waals surface area (Å²) in [5, 5.41) is 32.3. The van der Waals surface area contributed by atoms with Crippen molar-refractivity contribution in [3.8, 4) is 0 Å². The Kier molecular flexibility index (Phi) is 10.7. The highest BCUT2D eigenvalue weighted by molar-refractivity contribution is 5.87. The maximum atomic E-state index is 12.6. The second-order valence-electron chi connectivity index (χ2n) is 8.23. The third-order valence-electron chi connectivity index (χ3n) is 5.61. The van der Waals surface area contributed by atoms with Gasteiger partial charge < -0.3 is 29.6 Å². The van der Waals surface area contributed by atoms with Gasteiger partial charge in [0.15, 0.2) is 6.23 Å². The molecule has 0 aromatic heterocycles. The van der Waals surface area contributed by atoms with Crippen LogP contribution in [0.15, 0.2) is 60.7 Å². The van der Waals surface area contributed by atoms with E-state index in [0.29, 0.717) is 25.9 Å². The fourth-order valence-electron chi connectivity index (χ4n) is 3.77. The topological polar surface area (TPSA) is 130 Å². The number of carboxylic acids is 2. The SMILES string of the molecule is CCN(CCCc1ccccc1)C(CCc1ccccc1)OC(=O)CC(O)(CC(=O)[O-])C(=O)[O-]. The minimum atomic E-state index is -2.90. The van der Waals surface area contributed by atoms with Gasteiger partial charge in [-0.1, -0.05) is 67.6 Å². The maximum Gasteiger partial charge on any atom is 0.310 e. The highest BCUT2D eigenvalue weighted by Crippen LogP contribution is 2.19. The van der Waals surface area contributed by atoms with Crippen molar-refractivity contribution in [1.82, 2.24) is 4.90 Å². The number of carbonyl (C=O) groups is 3. The minimum Gasteiger partial charge on any atom is -0.550 e. The van der Waals surface area contributed by atoms with Crippen LogP contribution in [0.4, 0.5) is 0 Å². The van der Waals surface area contributed by atoms with E-state index in [4.69, 9.17) is 4.74 Å². The number of aliphatic hydroxyl groups is 1. The lowest BCUT2D eigenvalue weighted by atomic mass is 9.96. The number of carbonyl (C=O) groups excluding carboxylic acids is 3. The predicted octanol–water partition coefficient (Wildman–Crippen LogP) is 0.454. The van der Waals surface area contributed by atoms with Crippen LogP contribution < -0.4 is 10.2 Å². The number of esters is 1. The number of ether oxygens (including phenoxy) is 1. The minimum absolute atomic E-state index is 0.444. The molecule has 2 unspecified atom stereocenters. The molecule has 8 nitrogen and oxygen atoms in total. The van der Waals surface area contributed by atoms with Crippen LogP contribution in [0.1, 0.15) is 43.7 Å². The van der Waals surface area contributed by atoms with Gasteiger partial charge in [-0.25, -0.2) is 0 Å². The molecule has 0 saturated heterocycles. The van der Waals surface area contributed by atoms with E-state index >= 15 is 0 Å². The first-order chi connectivity index (χ1) is 16.2. The highest BCUT2D eigenvalue weighted by Gasteiger charge is 2.34. The van der Waals surface area contributed by atoms with Gasteiger partial charge in [0, 0.05) is 25.4 Å². The number of aryl methyl sites for hydroxylation is 2. The number of hydrogen-bond acceptors (Lipinski definition) is 8. The van der Waals surface area contributed by atoms with Gasteiger partial charge in [0.05, 0.1) is 12.4 Å².